The Bertz CT molecular complexity index is 197. The normalized spacial score (nSPS) is 14.3. The third kappa shape index (κ3) is 5.95. The number of ether oxygens (including phenoxy) is 1. The van der Waals surface area contributed by atoms with Gasteiger partial charge in [-0.15, -0.1) is 11.8 Å². The second-order valence-electron chi connectivity index (χ2n) is 3.40. The maximum absolute atomic E-state index is 14.1. The largest absolute Gasteiger partial charge is 0.381 e. The Kier molecular flexibility index (Phi) is 7.45. The molecule has 82 valence electrons. The molecule has 1 unspecified atom stereocenters. The highest BCUT2D eigenvalue weighted by atomic mass is 19.1. The molecule has 0 aromatic rings. The Hall–Kier alpha value is -0.590. The summed E-state index contributed by atoms with van der Waals surface area (Å²) in [5.41, 5.74) is 4.10. The van der Waals surface area contributed by atoms with Crippen molar-refractivity contribution in [3.05, 3.63) is 0 Å². The minimum absolute atomic E-state index is 0.137. The van der Waals surface area contributed by atoms with Crippen LogP contribution in [-0.2, 0) is 4.74 Å². The molecule has 14 heavy (non-hydrogen) atoms. The molecule has 0 spiro atoms. The van der Waals surface area contributed by atoms with Crippen LogP contribution < -0.4 is 5.73 Å². The standard InChI is InChI=1S/C11H20FNO/c1-3-4-5-7-11(12,10-14-2)8-6-9-13/h5-10,13H2,1-2H3. The van der Waals surface area contributed by atoms with Crippen molar-refractivity contribution in [2.24, 2.45) is 5.73 Å². The highest BCUT2D eigenvalue weighted by Gasteiger charge is 2.28. The first-order valence-electron chi connectivity index (χ1n) is 4.96. The van der Waals surface area contributed by atoms with Crippen molar-refractivity contribution in [2.45, 2.75) is 38.3 Å². The van der Waals surface area contributed by atoms with E-state index in [4.69, 9.17) is 10.5 Å². The molecule has 0 fully saturated rings. The lowest BCUT2D eigenvalue weighted by Crippen LogP contribution is -2.29. The second-order valence-corrected chi connectivity index (χ2v) is 3.40. The third-order valence-electron chi connectivity index (χ3n) is 2.11. The van der Waals surface area contributed by atoms with E-state index >= 15 is 0 Å². The van der Waals surface area contributed by atoms with Crippen molar-refractivity contribution < 1.29 is 9.13 Å². The summed E-state index contributed by atoms with van der Waals surface area (Å²) >= 11 is 0. The SMILES string of the molecule is CC#CCCC(F)(CCCN)COC. The van der Waals surface area contributed by atoms with Gasteiger partial charge in [-0.3, -0.25) is 0 Å². The van der Waals surface area contributed by atoms with Gasteiger partial charge in [0, 0.05) is 13.5 Å². The van der Waals surface area contributed by atoms with Gasteiger partial charge in [-0.25, -0.2) is 4.39 Å². The molecule has 0 heterocycles. The monoisotopic (exact) mass is 201 g/mol. The van der Waals surface area contributed by atoms with Crippen LogP contribution in [0.2, 0.25) is 0 Å². The number of hydrogen-bond donors (Lipinski definition) is 1. The zero-order chi connectivity index (χ0) is 10.9. The topological polar surface area (TPSA) is 35.2 Å². The number of alkyl halides is 1. The Morgan fingerprint density at radius 1 is 1.43 bits per heavy atom. The molecule has 3 heteroatoms. The van der Waals surface area contributed by atoms with E-state index in [1.807, 2.05) is 0 Å². The number of hydrogen-bond acceptors (Lipinski definition) is 2. The van der Waals surface area contributed by atoms with Gasteiger partial charge in [-0.05, 0) is 32.7 Å². The second kappa shape index (κ2) is 7.78. The van der Waals surface area contributed by atoms with Gasteiger partial charge in [-0.2, -0.15) is 0 Å². The van der Waals surface area contributed by atoms with Crippen LogP contribution in [0.25, 0.3) is 0 Å². The number of halogens is 1. The van der Waals surface area contributed by atoms with Gasteiger partial charge >= 0.3 is 0 Å². The summed E-state index contributed by atoms with van der Waals surface area (Å²) in [6.45, 7) is 2.42. The molecule has 0 rings (SSSR count). The lowest BCUT2D eigenvalue weighted by molar-refractivity contribution is 0.0278. The Morgan fingerprint density at radius 2 is 2.14 bits per heavy atom. The maximum atomic E-state index is 14.1. The average Bonchev–Trinajstić information content (AvgIpc) is 2.16. The van der Waals surface area contributed by atoms with Crippen LogP contribution in [0.3, 0.4) is 0 Å². The van der Waals surface area contributed by atoms with Crippen molar-refractivity contribution in [1.29, 1.82) is 0 Å². The Labute approximate surface area is 86.0 Å². The van der Waals surface area contributed by atoms with E-state index in [0.29, 0.717) is 32.2 Å². The molecule has 2 nitrogen and oxygen atoms in total. The van der Waals surface area contributed by atoms with E-state index in [-0.39, 0.29) is 6.61 Å². The van der Waals surface area contributed by atoms with Gasteiger partial charge in [0.25, 0.3) is 0 Å². The summed E-state index contributed by atoms with van der Waals surface area (Å²) in [4.78, 5) is 0. The molecular formula is C11H20FNO. The van der Waals surface area contributed by atoms with Gasteiger partial charge in [0.2, 0.25) is 0 Å². The van der Waals surface area contributed by atoms with Gasteiger partial charge < -0.3 is 10.5 Å². The quantitative estimate of drug-likeness (QED) is 0.638. The molecule has 0 aliphatic rings. The number of rotatable bonds is 7. The number of nitrogens with two attached hydrogens (primary N) is 1. The van der Waals surface area contributed by atoms with Crippen LogP contribution in [0.15, 0.2) is 0 Å². The maximum Gasteiger partial charge on any atom is 0.135 e. The highest BCUT2D eigenvalue weighted by Crippen LogP contribution is 2.24. The summed E-state index contributed by atoms with van der Waals surface area (Å²) < 4.78 is 18.9. The molecule has 0 aromatic carbocycles. The molecular weight excluding hydrogens is 181 g/mol. The molecule has 1 atom stereocenters. The summed E-state index contributed by atoms with van der Waals surface area (Å²) in [6, 6.07) is 0. The van der Waals surface area contributed by atoms with Gasteiger partial charge in [0.05, 0.1) is 6.61 Å². The van der Waals surface area contributed by atoms with E-state index in [1.165, 1.54) is 7.11 Å². The first-order valence-corrected chi connectivity index (χ1v) is 4.96. The van der Waals surface area contributed by atoms with Gasteiger partial charge in [0.15, 0.2) is 0 Å². The molecule has 0 aliphatic carbocycles. The molecule has 0 bridgehead atoms. The van der Waals surface area contributed by atoms with Crippen LogP contribution in [0.1, 0.15) is 32.6 Å². The smallest absolute Gasteiger partial charge is 0.135 e. The van der Waals surface area contributed by atoms with E-state index < -0.39 is 5.67 Å². The molecule has 0 amide bonds. The molecule has 0 aromatic heterocycles. The molecule has 0 saturated heterocycles. The summed E-state index contributed by atoms with van der Waals surface area (Å²) in [5, 5.41) is 0. The molecule has 0 aliphatic heterocycles. The van der Waals surface area contributed by atoms with Crippen LogP contribution in [0.5, 0.6) is 0 Å². The van der Waals surface area contributed by atoms with Crippen LogP contribution >= 0.6 is 0 Å². The molecule has 2 N–H and O–H groups in total. The van der Waals surface area contributed by atoms with Crippen molar-refractivity contribution >= 4 is 0 Å². The summed E-state index contributed by atoms with van der Waals surface area (Å²) in [7, 11) is 1.52. The fraction of sp³-hybridized carbons (Fsp3) is 0.818. The molecule has 0 saturated carbocycles. The fourth-order valence-electron chi connectivity index (χ4n) is 1.36. The van der Waals surface area contributed by atoms with Crippen LogP contribution in [-0.4, -0.2) is 25.9 Å². The first-order chi connectivity index (χ1) is 6.68. The first kappa shape index (κ1) is 13.4. The van der Waals surface area contributed by atoms with Crippen molar-refractivity contribution in [1.82, 2.24) is 0 Å². The third-order valence-corrected chi connectivity index (χ3v) is 2.11. The average molecular weight is 201 g/mol. The predicted molar refractivity (Wildman–Crippen MR) is 56.7 cm³/mol. The lowest BCUT2D eigenvalue weighted by atomic mass is 9.95. The molecule has 0 radical (unpaired) electrons. The van der Waals surface area contributed by atoms with E-state index in [9.17, 15) is 4.39 Å². The van der Waals surface area contributed by atoms with Gasteiger partial charge in [0.1, 0.15) is 5.67 Å². The number of methoxy groups -OCH3 is 1. The fourth-order valence-corrected chi connectivity index (χ4v) is 1.36. The zero-order valence-corrected chi connectivity index (χ0v) is 9.11. The summed E-state index contributed by atoms with van der Waals surface area (Å²) in [5.74, 6) is 5.62. The van der Waals surface area contributed by atoms with Crippen LogP contribution in [0, 0.1) is 11.8 Å². The van der Waals surface area contributed by atoms with E-state index in [1.54, 1.807) is 6.92 Å². The van der Waals surface area contributed by atoms with E-state index in [0.717, 1.165) is 0 Å². The zero-order valence-electron chi connectivity index (χ0n) is 9.11. The summed E-state index contributed by atoms with van der Waals surface area (Å²) in [6.07, 6.45) is 2.17. The minimum Gasteiger partial charge on any atom is -0.381 e. The Balaban J connectivity index is 3.98. The lowest BCUT2D eigenvalue weighted by Gasteiger charge is -2.23. The van der Waals surface area contributed by atoms with Crippen molar-refractivity contribution in [2.75, 3.05) is 20.3 Å². The predicted octanol–water partition coefficient (Wildman–Crippen LogP) is 1.88. The van der Waals surface area contributed by atoms with E-state index in [2.05, 4.69) is 11.8 Å². The highest BCUT2D eigenvalue weighted by molar-refractivity contribution is 4.97. The Morgan fingerprint density at radius 3 is 2.64 bits per heavy atom. The minimum atomic E-state index is -1.25. The van der Waals surface area contributed by atoms with Crippen LogP contribution in [0.4, 0.5) is 4.39 Å². The van der Waals surface area contributed by atoms with Crippen molar-refractivity contribution in [3.8, 4) is 11.8 Å². The van der Waals surface area contributed by atoms with Gasteiger partial charge in [-0.1, -0.05) is 0 Å². The van der Waals surface area contributed by atoms with Crippen molar-refractivity contribution in [3.63, 3.8) is 0 Å².